The topological polar surface area (TPSA) is 82.1 Å². The lowest BCUT2D eigenvalue weighted by Crippen LogP contribution is -2.09. The van der Waals surface area contributed by atoms with Gasteiger partial charge in [-0.2, -0.15) is 0 Å². The van der Waals surface area contributed by atoms with E-state index in [9.17, 15) is 9.59 Å². The fraction of sp³-hybridized carbons (Fsp3) is 0.667. The van der Waals surface area contributed by atoms with Crippen molar-refractivity contribution in [1.82, 2.24) is 0 Å². The van der Waals surface area contributed by atoms with Crippen LogP contribution in [0.2, 0.25) is 0 Å². The third kappa shape index (κ3) is 18.4. The smallest absolute Gasteiger partial charge is 0.335 e. The monoisotopic (exact) mass is 344 g/mol. The van der Waals surface area contributed by atoms with Crippen molar-refractivity contribution in [2.45, 2.75) is 53.4 Å². The number of rotatable bonds is 12. The molecule has 0 spiro atoms. The second kappa shape index (κ2) is 17.7. The molecule has 0 aromatic heterocycles. The number of hydrogen-bond acceptors (Lipinski definition) is 5. The van der Waals surface area contributed by atoms with E-state index < -0.39 is 11.9 Å². The second-order valence-corrected chi connectivity index (χ2v) is 5.21. The molecule has 24 heavy (non-hydrogen) atoms. The van der Waals surface area contributed by atoms with E-state index in [-0.39, 0.29) is 6.79 Å². The van der Waals surface area contributed by atoms with Crippen LogP contribution in [-0.4, -0.2) is 43.7 Å². The van der Waals surface area contributed by atoms with Gasteiger partial charge in [-0.25, -0.2) is 9.59 Å². The summed E-state index contributed by atoms with van der Waals surface area (Å²) >= 11 is 0. The zero-order chi connectivity index (χ0) is 18.8. The average molecular weight is 344 g/mol. The molecule has 0 fully saturated rings. The van der Waals surface area contributed by atoms with Crippen molar-refractivity contribution in [2.75, 3.05) is 26.6 Å². The molecule has 6 heteroatoms. The van der Waals surface area contributed by atoms with Crippen LogP contribution < -0.4 is 0 Å². The Labute approximate surface area is 145 Å². The molecule has 0 heterocycles. The molecule has 0 rings (SSSR count). The molecule has 140 valence electrons. The first-order chi connectivity index (χ1) is 11.4. The summed E-state index contributed by atoms with van der Waals surface area (Å²) < 4.78 is 14.9. The molecule has 1 N–H and O–H groups in total. The van der Waals surface area contributed by atoms with Crippen LogP contribution in [0.15, 0.2) is 23.8 Å². The maximum Gasteiger partial charge on any atom is 0.335 e. The molecular formula is C18H32O6. The van der Waals surface area contributed by atoms with Crippen molar-refractivity contribution < 1.29 is 28.9 Å². The summed E-state index contributed by atoms with van der Waals surface area (Å²) in [6.07, 6.45) is 5.78. The molecule has 6 nitrogen and oxygen atoms in total. The Morgan fingerprint density at radius 3 is 2.04 bits per heavy atom. The van der Waals surface area contributed by atoms with Gasteiger partial charge >= 0.3 is 11.9 Å². The Morgan fingerprint density at radius 1 is 1.04 bits per heavy atom. The Kier molecular flexibility index (Phi) is 18.1. The van der Waals surface area contributed by atoms with E-state index in [0.717, 1.165) is 25.7 Å². The summed E-state index contributed by atoms with van der Waals surface area (Å²) in [5, 5.41) is 8.46. The third-order valence-electron chi connectivity index (χ3n) is 2.75. The van der Waals surface area contributed by atoms with E-state index in [1.165, 1.54) is 0 Å². The number of carbonyl (C=O) groups excluding carboxylic acids is 1. The normalized spacial score (nSPS) is 10.6. The lowest BCUT2D eigenvalue weighted by Gasteiger charge is -2.04. The molecule has 0 saturated carbocycles. The highest BCUT2D eigenvalue weighted by atomic mass is 16.7. The van der Waals surface area contributed by atoms with E-state index in [1.54, 1.807) is 19.9 Å². The molecule has 0 aliphatic carbocycles. The molecule has 0 saturated heterocycles. The van der Waals surface area contributed by atoms with E-state index in [2.05, 4.69) is 25.2 Å². The van der Waals surface area contributed by atoms with Crippen molar-refractivity contribution in [3.05, 3.63) is 23.8 Å². The molecule has 0 bridgehead atoms. The molecule has 0 aromatic rings. The first-order valence-corrected chi connectivity index (χ1v) is 8.24. The fourth-order valence-corrected chi connectivity index (χ4v) is 1.12. The molecule has 0 unspecified atom stereocenters. The summed E-state index contributed by atoms with van der Waals surface area (Å²) in [6.45, 7) is 12.5. The number of carboxylic acid groups (broad SMARTS) is 1. The molecule has 0 radical (unpaired) electrons. The summed E-state index contributed by atoms with van der Waals surface area (Å²) in [5.41, 5.74) is 0.737. The zero-order valence-corrected chi connectivity index (χ0v) is 15.4. The van der Waals surface area contributed by atoms with E-state index in [1.807, 2.05) is 0 Å². The lowest BCUT2D eigenvalue weighted by atomic mass is 10.3. The minimum absolute atomic E-state index is 0.0334. The SMILES string of the molecule is C=C(C)C(=O)OCOCCCC.CCCCOCC=C(C)C(=O)O. The number of hydrogen-bond donors (Lipinski definition) is 1. The predicted molar refractivity (Wildman–Crippen MR) is 93.8 cm³/mol. The van der Waals surface area contributed by atoms with Crippen molar-refractivity contribution >= 4 is 11.9 Å². The second-order valence-electron chi connectivity index (χ2n) is 5.21. The molecule has 0 aliphatic rings. The number of unbranched alkanes of at least 4 members (excludes halogenated alkanes) is 2. The van der Waals surface area contributed by atoms with Crippen LogP contribution in [0.25, 0.3) is 0 Å². The van der Waals surface area contributed by atoms with Gasteiger partial charge in [0.15, 0.2) is 6.79 Å². The standard InChI is InChI=1S/2C9H16O3/c1-4-5-6-11-7-12-9(10)8(2)3;1-3-4-6-12-7-5-8(2)9(10)11/h2,4-7H2,1,3H3;5H,3-4,6-7H2,1-2H3,(H,10,11). The molecule has 0 aliphatic heterocycles. The maximum absolute atomic E-state index is 10.8. The van der Waals surface area contributed by atoms with Gasteiger partial charge in [0.1, 0.15) is 0 Å². The highest BCUT2D eigenvalue weighted by Crippen LogP contribution is 1.94. The van der Waals surface area contributed by atoms with Crippen LogP contribution in [0.4, 0.5) is 0 Å². The lowest BCUT2D eigenvalue weighted by molar-refractivity contribution is -0.151. The van der Waals surface area contributed by atoms with Gasteiger partial charge in [0.2, 0.25) is 0 Å². The fourth-order valence-electron chi connectivity index (χ4n) is 1.12. The van der Waals surface area contributed by atoms with Crippen molar-refractivity contribution in [2.24, 2.45) is 0 Å². The number of carboxylic acids is 1. The van der Waals surface area contributed by atoms with Gasteiger partial charge < -0.3 is 19.3 Å². The van der Waals surface area contributed by atoms with Gasteiger partial charge in [0.25, 0.3) is 0 Å². The minimum atomic E-state index is -0.880. The van der Waals surface area contributed by atoms with E-state index in [4.69, 9.17) is 14.6 Å². The van der Waals surface area contributed by atoms with Crippen molar-refractivity contribution in [3.8, 4) is 0 Å². The van der Waals surface area contributed by atoms with Crippen LogP contribution in [-0.2, 0) is 23.8 Å². The van der Waals surface area contributed by atoms with Gasteiger partial charge in [-0.3, -0.25) is 0 Å². The number of ether oxygens (including phenoxy) is 3. The van der Waals surface area contributed by atoms with Gasteiger partial charge in [-0.15, -0.1) is 0 Å². The maximum atomic E-state index is 10.8. The number of esters is 1. The molecule has 0 aromatic carbocycles. The largest absolute Gasteiger partial charge is 0.478 e. The van der Waals surface area contributed by atoms with Gasteiger partial charge in [-0.05, 0) is 32.8 Å². The number of carbonyl (C=O) groups is 2. The molecule has 0 atom stereocenters. The first kappa shape index (κ1) is 24.6. The van der Waals surface area contributed by atoms with Gasteiger partial charge in [0.05, 0.1) is 13.2 Å². The highest BCUT2D eigenvalue weighted by molar-refractivity contribution is 5.86. The highest BCUT2D eigenvalue weighted by Gasteiger charge is 2.01. The Bertz CT molecular complexity index is 387. The molecule has 0 amide bonds. The zero-order valence-electron chi connectivity index (χ0n) is 15.4. The minimum Gasteiger partial charge on any atom is -0.478 e. The Morgan fingerprint density at radius 2 is 1.58 bits per heavy atom. The summed E-state index contributed by atoms with van der Waals surface area (Å²) in [6, 6.07) is 0. The predicted octanol–water partition coefficient (Wildman–Crippen LogP) is 3.71. The van der Waals surface area contributed by atoms with Crippen LogP contribution in [0.3, 0.4) is 0 Å². The Balaban J connectivity index is 0. The Hall–Kier alpha value is -1.66. The van der Waals surface area contributed by atoms with Crippen LogP contribution in [0.5, 0.6) is 0 Å². The quantitative estimate of drug-likeness (QED) is 0.251. The van der Waals surface area contributed by atoms with Crippen LogP contribution in [0, 0.1) is 0 Å². The summed E-state index contributed by atoms with van der Waals surface area (Å²) in [4.78, 5) is 21.1. The molecular weight excluding hydrogens is 312 g/mol. The van der Waals surface area contributed by atoms with Gasteiger partial charge in [-0.1, -0.05) is 33.3 Å². The average Bonchev–Trinajstić information content (AvgIpc) is 2.54. The van der Waals surface area contributed by atoms with Crippen molar-refractivity contribution in [1.29, 1.82) is 0 Å². The third-order valence-corrected chi connectivity index (χ3v) is 2.75. The number of aliphatic carboxylic acids is 1. The van der Waals surface area contributed by atoms with Crippen LogP contribution in [0.1, 0.15) is 53.4 Å². The van der Waals surface area contributed by atoms with Crippen LogP contribution >= 0.6 is 0 Å². The van der Waals surface area contributed by atoms with E-state index in [0.29, 0.717) is 31.0 Å². The first-order valence-electron chi connectivity index (χ1n) is 8.24. The van der Waals surface area contributed by atoms with Gasteiger partial charge in [0, 0.05) is 17.8 Å². The van der Waals surface area contributed by atoms with Crippen molar-refractivity contribution in [3.63, 3.8) is 0 Å². The van der Waals surface area contributed by atoms with E-state index >= 15 is 0 Å². The summed E-state index contributed by atoms with van der Waals surface area (Å²) in [7, 11) is 0. The summed E-state index contributed by atoms with van der Waals surface area (Å²) in [5.74, 6) is -1.28.